The smallest absolute Gasteiger partial charge is 0.274 e. The summed E-state index contributed by atoms with van der Waals surface area (Å²) in [7, 11) is 0. The first-order chi connectivity index (χ1) is 14.4. The van der Waals surface area contributed by atoms with E-state index in [9.17, 15) is 19.4 Å². The lowest BCUT2D eigenvalue weighted by Crippen LogP contribution is -2.52. The first-order valence-electron chi connectivity index (χ1n) is 9.72. The van der Waals surface area contributed by atoms with Crippen molar-refractivity contribution in [3.05, 3.63) is 68.3 Å². The fourth-order valence-electron chi connectivity index (χ4n) is 4.33. The van der Waals surface area contributed by atoms with E-state index in [1.54, 1.807) is 34.3 Å². The summed E-state index contributed by atoms with van der Waals surface area (Å²) in [6.45, 7) is 1.25. The maximum absolute atomic E-state index is 14.2. The fraction of sp³-hybridized carbons (Fsp3) is 0.333. The minimum absolute atomic E-state index is 0.0703. The normalized spacial score (nSPS) is 23.6. The topological polar surface area (TPSA) is 76.9 Å². The lowest BCUT2D eigenvalue weighted by molar-refractivity contribution is -0.132. The van der Waals surface area contributed by atoms with E-state index in [1.807, 2.05) is 0 Å². The Morgan fingerprint density at radius 3 is 3.03 bits per heavy atom. The highest BCUT2D eigenvalue weighted by atomic mass is 35.5. The van der Waals surface area contributed by atoms with Gasteiger partial charge in [-0.1, -0.05) is 23.7 Å². The van der Waals surface area contributed by atoms with E-state index >= 15 is 0 Å². The number of aliphatic hydroxyl groups excluding tert-OH is 2. The van der Waals surface area contributed by atoms with Crippen LogP contribution in [-0.2, 0) is 11.2 Å². The molecule has 4 heterocycles. The van der Waals surface area contributed by atoms with Gasteiger partial charge in [-0.2, -0.15) is 0 Å². The zero-order valence-electron chi connectivity index (χ0n) is 15.9. The molecule has 3 aliphatic rings. The molecule has 3 aliphatic heterocycles. The van der Waals surface area contributed by atoms with E-state index in [0.29, 0.717) is 35.7 Å². The molecule has 1 aromatic carbocycles. The third-order valence-electron chi connectivity index (χ3n) is 5.82. The molecule has 2 atom stereocenters. The van der Waals surface area contributed by atoms with Gasteiger partial charge in [0.05, 0.1) is 11.1 Å². The first kappa shape index (κ1) is 19.5. The van der Waals surface area contributed by atoms with Crippen LogP contribution in [-0.4, -0.2) is 56.1 Å². The quantitative estimate of drug-likeness (QED) is 0.754. The van der Waals surface area contributed by atoms with Crippen molar-refractivity contribution in [2.24, 2.45) is 0 Å². The number of aromatic nitrogens is 1. The molecular weight excluding hydrogens is 429 g/mol. The van der Waals surface area contributed by atoms with Gasteiger partial charge in [-0.05, 0) is 24.5 Å². The molecule has 1 unspecified atom stereocenters. The number of nitrogens with zero attached hydrogens (tertiary/aromatic N) is 3. The minimum atomic E-state index is -1.33. The van der Waals surface area contributed by atoms with Crippen molar-refractivity contribution in [1.29, 1.82) is 0 Å². The fourth-order valence-corrected chi connectivity index (χ4v) is 5.49. The van der Waals surface area contributed by atoms with Crippen LogP contribution in [0.3, 0.4) is 0 Å². The summed E-state index contributed by atoms with van der Waals surface area (Å²) in [5.74, 6) is -1.04. The summed E-state index contributed by atoms with van der Waals surface area (Å²) in [5, 5.41) is 21.9. The number of aliphatic hydroxyl groups is 2. The average molecular weight is 448 g/mol. The highest BCUT2D eigenvalue weighted by molar-refractivity contribution is 7.12. The zero-order valence-corrected chi connectivity index (χ0v) is 17.5. The Labute approximate surface area is 181 Å². The second-order valence-corrected chi connectivity index (χ2v) is 9.21. The Morgan fingerprint density at radius 1 is 1.37 bits per heavy atom. The summed E-state index contributed by atoms with van der Waals surface area (Å²) in [5.41, 5.74) is 1.03. The SMILES string of the molecule is O=C1C2=C(O)C(O)C(c3ncc(Cc4cccc(Cl)c4F)s3)=CN2C[C@H]2CCCN12. The van der Waals surface area contributed by atoms with Gasteiger partial charge in [0, 0.05) is 42.4 Å². The Kier molecular flexibility index (Phi) is 4.80. The number of thiazole rings is 1. The third kappa shape index (κ3) is 3.10. The summed E-state index contributed by atoms with van der Waals surface area (Å²) < 4.78 is 14.2. The van der Waals surface area contributed by atoms with Crippen LogP contribution in [0.5, 0.6) is 0 Å². The number of fused-ring (bicyclic) bond motifs is 2. The zero-order chi connectivity index (χ0) is 21.0. The molecule has 2 aromatic rings. The van der Waals surface area contributed by atoms with Crippen LogP contribution < -0.4 is 0 Å². The van der Waals surface area contributed by atoms with Gasteiger partial charge in [-0.3, -0.25) is 4.79 Å². The van der Waals surface area contributed by atoms with Crippen LogP contribution in [0.1, 0.15) is 28.3 Å². The van der Waals surface area contributed by atoms with Crippen molar-refractivity contribution < 1.29 is 19.4 Å². The molecule has 2 fully saturated rings. The van der Waals surface area contributed by atoms with E-state index in [1.165, 1.54) is 17.4 Å². The average Bonchev–Trinajstić information content (AvgIpc) is 3.38. The van der Waals surface area contributed by atoms with Crippen LogP contribution in [0.15, 0.2) is 42.1 Å². The lowest BCUT2D eigenvalue weighted by Gasteiger charge is -2.41. The van der Waals surface area contributed by atoms with Crippen molar-refractivity contribution in [1.82, 2.24) is 14.8 Å². The predicted molar refractivity (Wildman–Crippen MR) is 111 cm³/mol. The summed E-state index contributed by atoms with van der Waals surface area (Å²) in [6, 6.07) is 4.97. The number of hydrogen-bond acceptors (Lipinski definition) is 6. The largest absolute Gasteiger partial charge is 0.507 e. The van der Waals surface area contributed by atoms with Gasteiger partial charge in [0.25, 0.3) is 5.91 Å². The number of hydrogen-bond donors (Lipinski definition) is 2. The van der Waals surface area contributed by atoms with E-state index in [-0.39, 0.29) is 28.4 Å². The van der Waals surface area contributed by atoms with Crippen LogP contribution >= 0.6 is 22.9 Å². The van der Waals surface area contributed by atoms with E-state index in [2.05, 4.69) is 4.98 Å². The van der Waals surface area contributed by atoms with Gasteiger partial charge < -0.3 is 20.0 Å². The van der Waals surface area contributed by atoms with Crippen molar-refractivity contribution in [3.63, 3.8) is 0 Å². The van der Waals surface area contributed by atoms with Crippen molar-refractivity contribution >= 4 is 34.4 Å². The number of halogens is 2. The monoisotopic (exact) mass is 447 g/mol. The van der Waals surface area contributed by atoms with E-state index in [4.69, 9.17) is 11.6 Å². The molecule has 1 aromatic heterocycles. The van der Waals surface area contributed by atoms with Gasteiger partial charge in [0.15, 0.2) is 5.76 Å². The Bertz CT molecular complexity index is 1100. The molecule has 6 nitrogen and oxygen atoms in total. The molecule has 0 radical (unpaired) electrons. The van der Waals surface area contributed by atoms with Crippen molar-refractivity contribution in [2.75, 3.05) is 13.1 Å². The van der Waals surface area contributed by atoms with Crippen LogP contribution in [0.4, 0.5) is 4.39 Å². The minimum Gasteiger partial charge on any atom is -0.507 e. The molecule has 0 spiro atoms. The lowest BCUT2D eigenvalue weighted by atomic mass is 10.00. The summed E-state index contributed by atoms with van der Waals surface area (Å²) in [4.78, 5) is 21.4. The number of amides is 1. The van der Waals surface area contributed by atoms with Gasteiger partial charge in [0.1, 0.15) is 22.6 Å². The molecule has 2 N–H and O–H groups in total. The summed E-state index contributed by atoms with van der Waals surface area (Å²) >= 11 is 7.17. The standard InChI is InChI=1S/C21H19ClFN3O3S/c22-15-5-1-3-11(16(15)23)7-13-8-24-20(30-13)14-10-25-9-12-4-2-6-26(12)21(29)17(25)19(28)18(14)27/h1,3,5,8,10,12,18,27-28H,2,4,6-7,9H2/t12-,18?/m1/s1. The molecule has 1 amide bonds. The maximum atomic E-state index is 14.2. The van der Waals surface area contributed by atoms with Crippen LogP contribution in [0, 0.1) is 5.82 Å². The highest BCUT2D eigenvalue weighted by Crippen LogP contribution is 2.38. The van der Waals surface area contributed by atoms with Gasteiger partial charge in [-0.25, -0.2) is 9.37 Å². The molecule has 156 valence electrons. The third-order valence-corrected chi connectivity index (χ3v) is 7.16. The number of carbonyl (C=O) groups excluding carboxylic acids is 1. The van der Waals surface area contributed by atoms with Crippen LogP contribution in [0.25, 0.3) is 5.57 Å². The molecule has 0 saturated carbocycles. The second-order valence-electron chi connectivity index (χ2n) is 7.69. The maximum Gasteiger partial charge on any atom is 0.274 e. The van der Waals surface area contributed by atoms with Crippen LogP contribution in [0.2, 0.25) is 5.02 Å². The number of piperazine rings is 1. The number of rotatable bonds is 3. The Hall–Kier alpha value is -2.42. The molecule has 0 bridgehead atoms. The second kappa shape index (κ2) is 7.37. The van der Waals surface area contributed by atoms with Crippen molar-refractivity contribution in [2.45, 2.75) is 31.4 Å². The molecule has 0 aliphatic carbocycles. The molecular formula is C21H19ClFN3O3S. The van der Waals surface area contributed by atoms with Gasteiger partial charge in [0.2, 0.25) is 0 Å². The number of benzene rings is 1. The Morgan fingerprint density at radius 2 is 2.20 bits per heavy atom. The molecule has 2 saturated heterocycles. The van der Waals surface area contributed by atoms with Gasteiger partial charge >= 0.3 is 0 Å². The summed E-state index contributed by atoms with van der Waals surface area (Å²) in [6.07, 6.45) is 4.18. The van der Waals surface area contributed by atoms with E-state index in [0.717, 1.165) is 17.7 Å². The predicted octanol–water partition coefficient (Wildman–Crippen LogP) is 3.32. The van der Waals surface area contributed by atoms with Crippen molar-refractivity contribution in [3.8, 4) is 0 Å². The number of carbonyl (C=O) groups is 1. The first-order valence-corrected chi connectivity index (χ1v) is 10.9. The molecule has 30 heavy (non-hydrogen) atoms. The van der Waals surface area contributed by atoms with Gasteiger partial charge in [-0.15, -0.1) is 11.3 Å². The molecule has 5 rings (SSSR count). The highest BCUT2D eigenvalue weighted by Gasteiger charge is 2.44. The van der Waals surface area contributed by atoms with E-state index < -0.39 is 11.9 Å². The molecule has 9 heteroatoms. The Balaban J connectivity index is 1.43.